The van der Waals surface area contributed by atoms with Crippen molar-refractivity contribution >= 4 is 5.91 Å². The third kappa shape index (κ3) is 5.41. The summed E-state index contributed by atoms with van der Waals surface area (Å²) in [6.07, 6.45) is 2.40. The van der Waals surface area contributed by atoms with Gasteiger partial charge in [0.1, 0.15) is 0 Å². The second-order valence-electron chi connectivity index (χ2n) is 4.83. The van der Waals surface area contributed by atoms with Gasteiger partial charge in [-0.05, 0) is 44.1 Å². The number of hydrogen-bond donors (Lipinski definition) is 1. The van der Waals surface area contributed by atoms with E-state index in [1.54, 1.807) is 12.1 Å². The third-order valence-electron chi connectivity index (χ3n) is 3.12. The summed E-state index contributed by atoms with van der Waals surface area (Å²) in [5.74, 6) is 0.200. The third-order valence-corrected chi connectivity index (χ3v) is 3.12. The highest BCUT2D eigenvalue weighted by atomic mass is 16.2. The number of nitriles is 1. The molecule has 0 aromatic heterocycles. The number of rotatable bonds is 8. The molecular weight excluding hydrogens is 250 g/mol. The molecule has 1 aromatic rings. The highest BCUT2D eigenvalue weighted by Crippen LogP contribution is 2.09. The van der Waals surface area contributed by atoms with Gasteiger partial charge in [0, 0.05) is 19.5 Å². The molecule has 0 aliphatic carbocycles. The van der Waals surface area contributed by atoms with Crippen LogP contribution < -0.4 is 5.32 Å². The molecule has 0 radical (unpaired) electrons. The zero-order valence-electron chi connectivity index (χ0n) is 12.4. The van der Waals surface area contributed by atoms with Crippen molar-refractivity contribution in [2.75, 3.05) is 20.1 Å². The first-order valence-electron chi connectivity index (χ1n) is 7.12. The molecule has 1 rings (SSSR count). The smallest absolute Gasteiger partial charge is 0.222 e. The predicted octanol–water partition coefficient (Wildman–Crippen LogP) is 2.30. The summed E-state index contributed by atoms with van der Waals surface area (Å²) in [4.78, 5) is 14.1. The number of nitrogens with one attached hydrogen (secondary N) is 1. The van der Waals surface area contributed by atoms with Crippen LogP contribution in [0.15, 0.2) is 24.3 Å². The summed E-state index contributed by atoms with van der Waals surface area (Å²) in [5.41, 5.74) is 1.72. The molecule has 0 saturated heterocycles. The van der Waals surface area contributed by atoms with Gasteiger partial charge in [-0.1, -0.05) is 19.1 Å². The molecule has 4 heteroatoms. The summed E-state index contributed by atoms with van der Waals surface area (Å²) in [6.45, 7) is 4.34. The second-order valence-corrected chi connectivity index (χ2v) is 4.83. The molecule has 20 heavy (non-hydrogen) atoms. The van der Waals surface area contributed by atoms with Crippen LogP contribution in [0, 0.1) is 11.3 Å². The fraction of sp³-hybridized carbons (Fsp3) is 0.500. The Morgan fingerprint density at radius 2 is 2.05 bits per heavy atom. The Bertz CT molecular complexity index is 448. The Balaban J connectivity index is 2.60. The molecule has 0 saturated carbocycles. The van der Waals surface area contributed by atoms with E-state index in [4.69, 9.17) is 5.26 Å². The predicted molar refractivity (Wildman–Crippen MR) is 80.0 cm³/mol. The maximum atomic E-state index is 12.2. The summed E-state index contributed by atoms with van der Waals surface area (Å²) >= 11 is 0. The number of amides is 1. The molecule has 0 bridgehead atoms. The highest BCUT2D eigenvalue weighted by molar-refractivity contribution is 5.76. The van der Waals surface area contributed by atoms with Crippen molar-refractivity contribution in [3.05, 3.63) is 35.4 Å². The zero-order chi connectivity index (χ0) is 14.8. The van der Waals surface area contributed by atoms with Gasteiger partial charge >= 0.3 is 0 Å². The van der Waals surface area contributed by atoms with Gasteiger partial charge < -0.3 is 10.2 Å². The normalized spacial score (nSPS) is 10.1. The lowest BCUT2D eigenvalue weighted by Gasteiger charge is -2.22. The minimum Gasteiger partial charge on any atom is -0.338 e. The summed E-state index contributed by atoms with van der Waals surface area (Å²) < 4.78 is 0. The van der Waals surface area contributed by atoms with Gasteiger partial charge in [0.25, 0.3) is 0 Å². The second kappa shape index (κ2) is 9.11. The molecule has 0 fully saturated rings. The van der Waals surface area contributed by atoms with Gasteiger partial charge in [-0.15, -0.1) is 0 Å². The van der Waals surface area contributed by atoms with E-state index in [-0.39, 0.29) is 5.91 Å². The first-order valence-corrected chi connectivity index (χ1v) is 7.12. The maximum Gasteiger partial charge on any atom is 0.222 e. The highest BCUT2D eigenvalue weighted by Gasteiger charge is 2.12. The van der Waals surface area contributed by atoms with Crippen molar-refractivity contribution in [1.29, 1.82) is 5.26 Å². The summed E-state index contributed by atoms with van der Waals surface area (Å²) in [5, 5.41) is 11.8. The Hall–Kier alpha value is -1.86. The van der Waals surface area contributed by atoms with Crippen molar-refractivity contribution < 1.29 is 4.79 Å². The molecule has 0 heterocycles. The SMILES string of the molecule is CCCN(Cc1ccc(C#N)cc1)C(=O)CCCNC. The van der Waals surface area contributed by atoms with Crippen LogP contribution in [0.4, 0.5) is 0 Å². The molecule has 0 aliphatic rings. The van der Waals surface area contributed by atoms with Gasteiger partial charge in [0.2, 0.25) is 5.91 Å². The standard InChI is InChI=1S/C16H23N3O/c1-3-11-19(16(20)5-4-10-18-2)13-15-8-6-14(12-17)7-9-15/h6-9,18H,3-5,10-11,13H2,1-2H3. The van der Waals surface area contributed by atoms with Crippen LogP contribution in [0.3, 0.4) is 0 Å². The van der Waals surface area contributed by atoms with Gasteiger partial charge in [0.05, 0.1) is 11.6 Å². The molecular formula is C16H23N3O. The molecule has 0 aliphatic heterocycles. The van der Waals surface area contributed by atoms with Gasteiger partial charge in [0.15, 0.2) is 0 Å². The molecule has 108 valence electrons. The van der Waals surface area contributed by atoms with Gasteiger partial charge in [-0.2, -0.15) is 5.26 Å². The van der Waals surface area contributed by atoms with Crippen LogP contribution in [0.1, 0.15) is 37.3 Å². The van der Waals surface area contributed by atoms with Crippen LogP contribution >= 0.6 is 0 Å². The summed E-state index contributed by atoms with van der Waals surface area (Å²) in [7, 11) is 1.89. The van der Waals surface area contributed by atoms with E-state index in [0.717, 1.165) is 31.5 Å². The number of benzene rings is 1. The van der Waals surface area contributed by atoms with E-state index in [9.17, 15) is 4.79 Å². The molecule has 0 atom stereocenters. The molecule has 1 aromatic carbocycles. The van der Waals surface area contributed by atoms with E-state index in [0.29, 0.717) is 18.5 Å². The Labute approximate surface area is 121 Å². The molecule has 0 unspecified atom stereocenters. The van der Waals surface area contributed by atoms with Crippen LogP contribution in [-0.2, 0) is 11.3 Å². The van der Waals surface area contributed by atoms with E-state index in [1.165, 1.54) is 0 Å². The lowest BCUT2D eigenvalue weighted by Crippen LogP contribution is -2.31. The van der Waals surface area contributed by atoms with Crippen molar-refractivity contribution in [3.8, 4) is 6.07 Å². The topological polar surface area (TPSA) is 56.1 Å². The monoisotopic (exact) mass is 273 g/mol. The quantitative estimate of drug-likeness (QED) is 0.739. The average molecular weight is 273 g/mol. The average Bonchev–Trinajstić information content (AvgIpc) is 2.47. The zero-order valence-corrected chi connectivity index (χ0v) is 12.4. The van der Waals surface area contributed by atoms with Crippen molar-refractivity contribution in [2.45, 2.75) is 32.7 Å². The lowest BCUT2D eigenvalue weighted by molar-refractivity contribution is -0.131. The maximum absolute atomic E-state index is 12.2. The van der Waals surface area contributed by atoms with Gasteiger partial charge in [-0.25, -0.2) is 0 Å². The van der Waals surface area contributed by atoms with E-state index < -0.39 is 0 Å². The Morgan fingerprint density at radius 1 is 1.35 bits per heavy atom. The fourth-order valence-electron chi connectivity index (χ4n) is 2.04. The first-order chi connectivity index (χ1) is 9.71. The number of hydrogen-bond acceptors (Lipinski definition) is 3. The lowest BCUT2D eigenvalue weighted by atomic mass is 10.1. The van der Waals surface area contributed by atoms with Crippen LogP contribution in [-0.4, -0.2) is 30.9 Å². The fourth-order valence-corrected chi connectivity index (χ4v) is 2.04. The van der Waals surface area contributed by atoms with Crippen molar-refractivity contribution in [2.24, 2.45) is 0 Å². The largest absolute Gasteiger partial charge is 0.338 e. The molecule has 4 nitrogen and oxygen atoms in total. The van der Waals surface area contributed by atoms with Crippen LogP contribution in [0.2, 0.25) is 0 Å². The molecule has 1 N–H and O–H groups in total. The number of carbonyl (C=O) groups is 1. The van der Waals surface area contributed by atoms with Crippen molar-refractivity contribution in [3.63, 3.8) is 0 Å². The number of carbonyl (C=O) groups excluding carboxylic acids is 1. The van der Waals surface area contributed by atoms with E-state index in [1.807, 2.05) is 24.1 Å². The number of nitrogens with zero attached hydrogens (tertiary/aromatic N) is 2. The van der Waals surface area contributed by atoms with E-state index >= 15 is 0 Å². The van der Waals surface area contributed by atoms with Crippen LogP contribution in [0.5, 0.6) is 0 Å². The Morgan fingerprint density at radius 3 is 2.60 bits per heavy atom. The van der Waals surface area contributed by atoms with Gasteiger partial charge in [-0.3, -0.25) is 4.79 Å². The molecule has 1 amide bonds. The van der Waals surface area contributed by atoms with Crippen LogP contribution in [0.25, 0.3) is 0 Å². The van der Waals surface area contributed by atoms with E-state index in [2.05, 4.69) is 18.3 Å². The summed E-state index contributed by atoms with van der Waals surface area (Å²) in [6, 6.07) is 9.53. The minimum atomic E-state index is 0.200. The first kappa shape index (κ1) is 16.2. The van der Waals surface area contributed by atoms with Crippen molar-refractivity contribution in [1.82, 2.24) is 10.2 Å². The minimum absolute atomic E-state index is 0.200. The Kier molecular flexibility index (Phi) is 7.38. The molecule has 0 spiro atoms.